The molecule has 0 unspecified atom stereocenters. The molecule has 3 heterocycles. The fourth-order valence-electron chi connectivity index (χ4n) is 4.61. The topological polar surface area (TPSA) is 78.0 Å². The largest absolute Gasteiger partial charge is 0.367 e. The minimum atomic E-state index is -1.30. The van der Waals surface area contributed by atoms with Crippen molar-refractivity contribution in [2.45, 2.75) is 25.3 Å². The van der Waals surface area contributed by atoms with Crippen LogP contribution >= 0.6 is 0 Å². The third-order valence-corrected chi connectivity index (χ3v) is 5.79. The van der Waals surface area contributed by atoms with Gasteiger partial charge in [0.05, 0.1) is 6.04 Å². The van der Waals surface area contributed by atoms with Crippen molar-refractivity contribution in [2.24, 2.45) is 5.41 Å². The fraction of sp³-hybridized carbons (Fsp3) is 0.444. The van der Waals surface area contributed by atoms with Crippen LogP contribution in [0.25, 0.3) is 0 Å². The average Bonchev–Trinajstić information content (AvgIpc) is 3.13. The number of amides is 4. The van der Waals surface area contributed by atoms with E-state index < -0.39 is 23.3 Å². The number of aldehydes is 1. The summed E-state index contributed by atoms with van der Waals surface area (Å²) in [4.78, 5) is 53.8. The predicted octanol–water partition coefficient (Wildman–Crippen LogP) is 1.06. The van der Waals surface area contributed by atoms with Gasteiger partial charge in [0.15, 0.2) is 5.41 Å². The van der Waals surface area contributed by atoms with Gasteiger partial charge in [0.1, 0.15) is 6.29 Å². The molecule has 0 saturated carbocycles. The van der Waals surface area contributed by atoms with Gasteiger partial charge in [-0.15, -0.1) is 0 Å². The van der Waals surface area contributed by atoms with E-state index in [-0.39, 0.29) is 12.5 Å². The molecule has 7 nitrogen and oxygen atoms in total. The van der Waals surface area contributed by atoms with Crippen molar-refractivity contribution in [3.8, 4) is 0 Å². The second-order valence-electron chi connectivity index (χ2n) is 7.02. The van der Waals surface area contributed by atoms with Crippen molar-refractivity contribution in [3.05, 3.63) is 29.3 Å². The Labute approximate surface area is 145 Å². The Kier molecular flexibility index (Phi) is 3.25. The molecule has 0 radical (unpaired) electrons. The fourth-order valence-corrected chi connectivity index (χ4v) is 4.61. The second-order valence-corrected chi connectivity index (χ2v) is 7.02. The van der Waals surface area contributed by atoms with E-state index in [1.54, 1.807) is 12.1 Å². The Hall–Kier alpha value is -2.70. The molecule has 2 fully saturated rings. The Balaban J connectivity index is 1.92. The van der Waals surface area contributed by atoms with Crippen LogP contribution in [0.1, 0.15) is 28.8 Å². The zero-order valence-electron chi connectivity index (χ0n) is 14.2. The summed E-state index contributed by atoms with van der Waals surface area (Å²) in [5, 5.41) is 0. The Morgan fingerprint density at radius 3 is 2.44 bits per heavy atom. The van der Waals surface area contributed by atoms with Crippen LogP contribution in [-0.2, 0) is 16.0 Å². The molecule has 0 N–H and O–H groups in total. The molecule has 3 aliphatic rings. The number of carbonyl (C=O) groups is 4. The molecule has 1 aromatic rings. The van der Waals surface area contributed by atoms with Crippen molar-refractivity contribution >= 4 is 29.8 Å². The average molecular weight is 341 g/mol. The van der Waals surface area contributed by atoms with Crippen molar-refractivity contribution in [1.29, 1.82) is 0 Å². The maximum atomic E-state index is 13.1. The van der Waals surface area contributed by atoms with Crippen LogP contribution in [0, 0.1) is 5.41 Å². The molecule has 130 valence electrons. The zero-order chi connectivity index (χ0) is 17.9. The number of nitrogens with zero attached hydrogens (tertiary/aromatic N) is 3. The number of carbonyl (C=O) groups excluding carboxylic acids is 4. The number of anilines is 1. The zero-order valence-corrected chi connectivity index (χ0v) is 14.2. The summed E-state index contributed by atoms with van der Waals surface area (Å²) in [5.74, 6) is -0.890. The predicted molar refractivity (Wildman–Crippen MR) is 89.3 cm³/mol. The first kappa shape index (κ1) is 15.8. The molecule has 0 aromatic heterocycles. The standard InChI is InChI=1S/C18H19N3O4/c1-19-15(23)18(16(24)20(2)17(19)25)9-12-8-11(10-22)5-6-13(12)21-7-3-4-14(18)21/h5-6,8,10,14H,3-4,7,9H2,1-2H3/t14-/m1/s1. The molecule has 1 atom stereocenters. The number of imide groups is 2. The molecule has 4 rings (SSSR count). The first-order chi connectivity index (χ1) is 11.9. The van der Waals surface area contributed by atoms with Gasteiger partial charge in [-0.3, -0.25) is 24.2 Å². The van der Waals surface area contributed by atoms with E-state index in [1.165, 1.54) is 14.1 Å². The summed E-state index contributed by atoms with van der Waals surface area (Å²) in [6, 6.07) is 4.53. The number of barbiturate groups is 1. The lowest BCUT2D eigenvalue weighted by molar-refractivity contribution is -0.159. The Morgan fingerprint density at radius 2 is 1.80 bits per heavy atom. The number of rotatable bonds is 1. The highest BCUT2D eigenvalue weighted by Gasteiger charge is 2.63. The number of urea groups is 1. The molecule has 7 heteroatoms. The number of hydrogen-bond acceptors (Lipinski definition) is 5. The first-order valence-corrected chi connectivity index (χ1v) is 8.37. The molecular weight excluding hydrogens is 322 g/mol. The highest BCUT2D eigenvalue weighted by atomic mass is 16.2. The monoisotopic (exact) mass is 341 g/mol. The molecular formula is C18H19N3O4. The van der Waals surface area contributed by atoms with Gasteiger partial charge in [-0.1, -0.05) is 0 Å². The second kappa shape index (κ2) is 5.15. The van der Waals surface area contributed by atoms with Crippen LogP contribution in [0.3, 0.4) is 0 Å². The molecule has 3 aliphatic heterocycles. The van der Waals surface area contributed by atoms with Gasteiger partial charge >= 0.3 is 6.03 Å². The lowest BCUT2D eigenvalue weighted by Gasteiger charge is -2.50. The van der Waals surface area contributed by atoms with Crippen LogP contribution in [0.4, 0.5) is 10.5 Å². The van der Waals surface area contributed by atoms with E-state index >= 15 is 0 Å². The molecule has 1 aromatic carbocycles. The summed E-state index contributed by atoms with van der Waals surface area (Å²) >= 11 is 0. The molecule has 0 aliphatic carbocycles. The normalized spacial score (nSPS) is 24.6. The highest BCUT2D eigenvalue weighted by molar-refractivity contribution is 6.20. The smallest absolute Gasteiger partial charge is 0.332 e. The first-order valence-electron chi connectivity index (χ1n) is 8.37. The van der Waals surface area contributed by atoms with Crippen LogP contribution in [0.15, 0.2) is 18.2 Å². The van der Waals surface area contributed by atoms with Gasteiger partial charge in [-0.25, -0.2) is 4.79 Å². The molecule has 0 bridgehead atoms. The van der Waals surface area contributed by atoms with E-state index in [0.29, 0.717) is 5.56 Å². The maximum absolute atomic E-state index is 13.1. The van der Waals surface area contributed by atoms with Gasteiger partial charge < -0.3 is 4.90 Å². The summed E-state index contributed by atoms with van der Waals surface area (Å²) in [6.07, 6.45) is 2.57. The van der Waals surface area contributed by atoms with Crippen LogP contribution in [0.5, 0.6) is 0 Å². The summed E-state index contributed by atoms with van der Waals surface area (Å²) < 4.78 is 0. The number of fused-ring (bicyclic) bond motifs is 4. The lowest BCUT2D eigenvalue weighted by atomic mass is 9.68. The number of benzene rings is 1. The van der Waals surface area contributed by atoms with Crippen LogP contribution in [0.2, 0.25) is 0 Å². The van der Waals surface area contributed by atoms with E-state index in [4.69, 9.17) is 0 Å². The van der Waals surface area contributed by atoms with Gasteiger partial charge in [-0.05, 0) is 43.0 Å². The summed E-state index contributed by atoms with van der Waals surface area (Å²) in [5.41, 5.74) is 0.991. The maximum Gasteiger partial charge on any atom is 0.332 e. The molecule has 25 heavy (non-hydrogen) atoms. The Bertz CT molecular complexity index is 795. The van der Waals surface area contributed by atoms with Crippen molar-refractivity contribution in [2.75, 3.05) is 25.5 Å². The van der Waals surface area contributed by atoms with Gasteiger partial charge in [0.2, 0.25) is 11.8 Å². The Morgan fingerprint density at radius 1 is 1.12 bits per heavy atom. The highest BCUT2D eigenvalue weighted by Crippen LogP contribution is 2.49. The molecule has 2 saturated heterocycles. The summed E-state index contributed by atoms with van der Waals surface area (Å²) in [7, 11) is 2.85. The molecule has 4 amide bonds. The van der Waals surface area contributed by atoms with Crippen molar-refractivity contribution in [1.82, 2.24) is 9.80 Å². The van der Waals surface area contributed by atoms with E-state index in [2.05, 4.69) is 4.90 Å². The van der Waals surface area contributed by atoms with Crippen LogP contribution < -0.4 is 4.90 Å². The number of hydrogen-bond donors (Lipinski definition) is 0. The SMILES string of the molecule is CN1C(=O)N(C)C(=O)C2(Cc3cc(C=O)ccc3N3CCC[C@@H]32)C1=O. The molecule has 1 spiro atoms. The van der Waals surface area contributed by atoms with E-state index in [9.17, 15) is 19.2 Å². The van der Waals surface area contributed by atoms with Crippen molar-refractivity contribution in [3.63, 3.8) is 0 Å². The van der Waals surface area contributed by atoms with Gasteiger partial charge in [0, 0.05) is 31.9 Å². The van der Waals surface area contributed by atoms with E-state index in [0.717, 1.165) is 46.7 Å². The minimum absolute atomic E-state index is 0.213. The third-order valence-electron chi connectivity index (χ3n) is 5.79. The van der Waals surface area contributed by atoms with Gasteiger partial charge in [-0.2, -0.15) is 0 Å². The lowest BCUT2D eigenvalue weighted by Crippen LogP contribution is -2.70. The summed E-state index contributed by atoms with van der Waals surface area (Å²) in [6.45, 7) is 0.752. The third kappa shape index (κ3) is 1.86. The van der Waals surface area contributed by atoms with E-state index in [1.807, 2.05) is 6.07 Å². The minimum Gasteiger partial charge on any atom is -0.367 e. The quantitative estimate of drug-likeness (QED) is 0.564. The van der Waals surface area contributed by atoms with Gasteiger partial charge in [0.25, 0.3) is 0 Å². The van der Waals surface area contributed by atoms with Crippen molar-refractivity contribution < 1.29 is 19.2 Å². The van der Waals surface area contributed by atoms with Crippen LogP contribution in [-0.4, -0.2) is 60.6 Å².